The maximum absolute atomic E-state index is 10.8. The molecule has 0 radical (unpaired) electrons. The van der Waals surface area contributed by atoms with Crippen molar-refractivity contribution in [3.8, 4) is 0 Å². The number of hydrogen-bond donors (Lipinski definition) is 2. The molecular weight excluding hydrogens is 270 g/mol. The molecule has 0 aromatic heterocycles. The minimum Gasteiger partial charge on any atom is -0.480 e. The molecule has 1 unspecified atom stereocenters. The second kappa shape index (κ2) is 7.11. The maximum atomic E-state index is 10.8. The lowest BCUT2D eigenvalue weighted by atomic mass is 10.0. The molecule has 6 heteroatoms. The van der Waals surface area contributed by atoms with Crippen molar-refractivity contribution in [3.05, 3.63) is 34.9 Å². The summed E-state index contributed by atoms with van der Waals surface area (Å²) in [4.78, 5) is 23.1. The highest BCUT2D eigenvalue weighted by Crippen LogP contribution is 2.25. The van der Waals surface area contributed by atoms with Crippen LogP contribution < -0.4 is 0 Å². The first-order valence-electron chi connectivity index (χ1n) is 5.87. The first-order valence-corrected chi connectivity index (χ1v) is 6.25. The molecule has 0 heterocycles. The highest BCUT2D eigenvalue weighted by Gasteiger charge is 2.23. The van der Waals surface area contributed by atoms with E-state index in [0.717, 1.165) is 5.56 Å². The molecule has 0 bridgehead atoms. The molecule has 0 fully saturated rings. The zero-order chi connectivity index (χ0) is 14.4. The van der Waals surface area contributed by atoms with Crippen LogP contribution in [-0.2, 0) is 9.59 Å². The molecule has 0 saturated heterocycles. The SMILES string of the molecule is CCC(c1ccc(Cl)cc1)N(CC(=O)O)CC(=O)O. The van der Waals surface area contributed by atoms with Crippen LogP contribution in [0.15, 0.2) is 24.3 Å². The third-order valence-corrected chi connectivity index (χ3v) is 3.01. The van der Waals surface area contributed by atoms with Gasteiger partial charge in [-0.25, -0.2) is 0 Å². The van der Waals surface area contributed by atoms with Crippen LogP contribution in [0.1, 0.15) is 24.9 Å². The van der Waals surface area contributed by atoms with Gasteiger partial charge in [-0.2, -0.15) is 0 Å². The zero-order valence-corrected chi connectivity index (χ0v) is 11.3. The number of benzene rings is 1. The van der Waals surface area contributed by atoms with Crippen molar-refractivity contribution in [1.82, 2.24) is 4.90 Å². The summed E-state index contributed by atoms with van der Waals surface area (Å²) in [5, 5.41) is 18.3. The Morgan fingerprint density at radius 1 is 1.16 bits per heavy atom. The molecule has 0 spiro atoms. The van der Waals surface area contributed by atoms with E-state index in [9.17, 15) is 9.59 Å². The van der Waals surface area contributed by atoms with Gasteiger partial charge in [0.2, 0.25) is 0 Å². The van der Waals surface area contributed by atoms with Gasteiger partial charge < -0.3 is 10.2 Å². The molecule has 1 aromatic rings. The van der Waals surface area contributed by atoms with Crippen LogP contribution in [-0.4, -0.2) is 40.1 Å². The van der Waals surface area contributed by atoms with Gasteiger partial charge in [0, 0.05) is 11.1 Å². The number of rotatable bonds is 7. The third kappa shape index (κ3) is 4.89. The smallest absolute Gasteiger partial charge is 0.317 e. The Hall–Kier alpha value is -1.59. The van der Waals surface area contributed by atoms with E-state index in [0.29, 0.717) is 11.4 Å². The molecule has 0 aliphatic heterocycles. The highest BCUT2D eigenvalue weighted by molar-refractivity contribution is 6.30. The number of hydrogen-bond acceptors (Lipinski definition) is 3. The minimum atomic E-state index is -1.05. The van der Waals surface area contributed by atoms with Gasteiger partial charge in [-0.05, 0) is 24.1 Å². The van der Waals surface area contributed by atoms with Gasteiger partial charge in [0.15, 0.2) is 0 Å². The van der Waals surface area contributed by atoms with Crippen molar-refractivity contribution >= 4 is 23.5 Å². The third-order valence-electron chi connectivity index (χ3n) is 2.76. The standard InChI is InChI=1S/C13H16ClNO4/c1-2-11(9-3-5-10(14)6-4-9)15(7-12(16)17)8-13(18)19/h3-6,11H,2,7-8H2,1H3,(H,16,17)(H,18,19). The average molecular weight is 286 g/mol. The molecule has 0 aliphatic carbocycles. The predicted octanol–water partition coefficient (Wildman–Crippen LogP) is 2.26. The van der Waals surface area contributed by atoms with E-state index < -0.39 is 11.9 Å². The second-order valence-corrected chi connectivity index (χ2v) is 4.60. The molecule has 0 amide bonds. The molecule has 5 nitrogen and oxygen atoms in total. The monoisotopic (exact) mass is 285 g/mol. The summed E-state index contributed by atoms with van der Waals surface area (Å²) in [7, 11) is 0. The van der Waals surface area contributed by atoms with Crippen molar-refractivity contribution < 1.29 is 19.8 Å². The number of carbonyl (C=O) groups is 2. The van der Waals surface area contributed by atoms with Gasteiger partial charge in [0.05, 0.1) is 13.1 Å². The van der Waals surface area contributed by atoms with Crippen molar-refractivity contribution in [1.29, 1.82) is 0 Å². The van der Waals surface area contributed by atoms with E-state index >= 15 is 0 Å². The quantitative estimate of drug-likeness (QED) is 0.803. The Morgan fingerprint density at radius 3 is 2.00 bits per heavy atom. The minimum absolute atomic E-state index is 0.260. The van der Waals surface area contributed by atoms with Crippen molar-refractivity contribution in [2.24, 2.45) is 0 Å². The van der Waals surface area contributed by atoms with Crippen LogP contribution in [0.5, 0.6) is 0 Å². The number of carboxylic acid groups (broad SMARTS) is 2. The van der Waals surface area contributed by atoms with Crippen LogP contribution >= 0.6 is 11.6 Å². The Bertz CT molecular complexity index is 430. The molecule has 104 valence electrons. The fraction of sp³-hybridized carbons (Fsp3) is 0.385. The van der Waals surface area contributed by atoms with Crippen LogP contribution in [0.3, 0.4) is 0 Å². The summed E-state index contributed by atoms with van der Waals surface area (Å²) < 4.78 is 0. The molecule has 1 aromatic carbocycles. The molecule has 1 atom stereocenters. The molecular formula is C13H16ClNO4. The summed E-state index contributed by atoms with van der Waals surface area (Å²) in [6, 6.07) is 6.73. The molecule has 2 N–H and O–H groups in total. The van der Waals surface area contributed by atoms with Gasteiger partial charge in [-0.3, -0.25) is 14.5 Å². The van der Waals surface area contributed by atoms with E-state index in [1.54, 1.807) is 24.3 Å². The van der Waals surface area contributed by atoms with E-state index in [2.05, 4.69) is 0 Å². The van der Waals surface area contributed by atoms with Gasteiger partial charge in [0.1, 0.15) is 0 Å². The van der Waals surface area contributed by atoms with Gasteiger partial charge in [-0.15, -0.1) is 0 Å². The highest BCUT2D eigenvalue weighted by atomic mass is 35.5. The summed E-state index contributed by atoms with van der Waals surface area (Å²) in [6.45, 7) is 1.26. The first-order chi connectivity index (χ1) is 8.93. The van der Waals surface area contributed by atoms with Crippen LogP contribution in [0.25, 0.3) is 0 Å². The van der Waals surface area contributed by atoms with Crippen molar-refractivity contribution in [2.75, 3.05) is 13.1 Å². The first kappa shape index (κ1) is 15.5. The van der Waals surface area contributed by atoms with E-state index in [1.807, 2.05) is 6.92 Å². The Morgan fingerprint density at radius 2 is 1.63 bits per heavy atom. The zero-order valence-electron chi connectivity index (χ0n) is 10.5. The lowest BCUT2D eigenvalue weighted by Crippen LogP contribution is -2.37. The topological polar surface area (TPSA) is 77.8 Å². The molecule has 19 heavy (non-hydrogen) atoms. The Kier molecular flexibility index (Phi) is 5.79. The lowest BCUT2D eigenvalue weighted by molar-refractivity contribution is -0.143. The Labute approximate surface area is 116 Å². The summed E-state index contributed by atoms with van der Waals surface area (Å²) in [5.41, 5.74) is 0.856. The fourth-order valence-electron chi connectivity index (χ4n) is 2.01. The van der Waals surface area contributed by atoms with Gasteiger partial charge in [-0.1, -0.05) is 30.7 Å². The molecule has 0 aliphatic rings. The Balaban J connectivity index is 2.97. The number of carboxylic acids is 2. The maximum Gasteiger partial charge on any atom is 0.317 e. The van der Waals surface area contributed by atoms with Crippen LogP contribution in [0.4, 0.5) is 0 Å². The van der Waals surface area contributed by atoms with Gasteiger partial charge in [0.25, 0.3) is 0 Å². The van der Waals surface area contributed by atoms with Crippen LogP contribution in [0.2, 0.25) is 5.02 Å². The summed E-state index contributed by atoms with van der Waals surface area (Å²) >= 11 is 5.81. The second-order valence-electron chi connectivity index (χ2n) is 4.17. The van der Waals surface area contributed by atoms with E-state index in [-0.39, 0.29) is 19.1 Å². The molecule has 1 rings (SSSR count). The predicted molar refractivity (Wildman–Crippen MR) is 71.3 cm³/mol. The number of nitrogens with zero attached hydrogens (tertiary/aromatic N) is 1. The fourth-order valence-corrected chi connectivity index (χ4v) is 2.14. The largest absolute Gasteiger partial charge is 0.480 e. The molecule has 0 saturated carbocycles. The van der Waals surface area contributed by atoms with Crippen molar-refractivity contribution in [2.45, 2.75) is 19.4 Å². The van der Waals surface area contributed by atoms with Gasteiger partial charge >= 0.3 is 11.9 Å². The normalized spacial score (nSPS) is 12.4. The lowest BCUT2D eigenvalue weighted by Gasteiger charge is -2.28. The van der Waals surface area contributed by atoms with Crippen molar-refractivity contribution in [3.63, 3.8) is 0 Å². The van der Waals surface area contributed by atoms with E-state index in [1.165, 1.54) is 4.90 Å². The number of halogens is 1. The number of aliphatic carboxylic acids is 2. The summed E-state index contributed by atoms with van der Waals surface area (Å²) in [5.74, 6) is -2.10. The average Bonchev–Trinajstić information content (AvgIpc) is 2.30. The van der Waals surface area contributed by atoms with E-state index in [4.69, 9.17) is 21.8 Å². The van der Waals surface area contributed by atoms with Crippen LogP contribution in [0, 0.1) is 0 Å². The summed E-state index contributed by atoms with van der Waals surface area (Å²) in [6.07, 6.45) is 0.613.